The highest BCUT2D eigenvalue weighted by Crippen LogP contribution is 2.14. The van der Waals surface area contributed by atoms with E-state index in [9.17, 15) is 14.4 Å². The zero-order valence-corrected chi connectivity index (χ0v) is 10.9. The van der Waals surface area contributed by atoms with Gasteiger partial charge in [-0.2, -0.15) is 5.10 Å². The highest BCUT2D eigenvalue weighted by Gasteiger charge is 2.30. The molecule has 98 valence electrons. The third-order valence-electron chi connectivity index (χ3n) is 2.68. The molecule has 0 radical (unpaired) electrons. The summed E-state index contributed by atoms with van der Waals surface area (Å²) in [5.41, 5.74) is 0.997. The second kappa shape index (κ2) is 5.57. The van der Waals surface area contributed by atoms with Crippen LogP contribution in [0.15, 0.2) is 6.20 Å². The Morgan fingerprint density at radius 3 is 2.56 bits per heavy atom. The molecule has 1 atom stereocenters. The molecule has 1 aromatic rings. The summed E-state index contributed by atoms with van der Waals surface area (Å²) in [6, 6.07) is 0. The number of hydrogen-bond donors (Lipinski definition) is 0. The topological polar surface area (TPSA) is 78.3 Å². The van der Waals surface area contributed by atoms with Crippen LogP contribution in [0.3, 0.4) is 0 Å². The molecule has 18 heavy (non-hydrogen) atoms. The lowest BCUT2D eigenvalue weighted by molar-refractivity contribution is -0.152. The first-order valence-corrected chi connectivity index (χ1v) is 5.61. The predicted octanol–water partition coefficient (Wildman–Crippen LogP) is 0.543. The van der Waals surface area contributed by atoms with Gasteiger partial charge in [0.15, 0.2) is 5.78 Å². The zero-order chi connectivity index (χ0) is 13.9. The van der Waals surface area contributed by atoms with Crippen molar-refractivity contribution < 1.29 is 19.1 Å². The molecule has 1 heterocycles. The fourth-order valence-electron chi connectivity index (χ4n) is 1.63. The first-order valence-electron chi connectivity index (χ1n) is 5.61. The zero-order valence-electron chi connectivity index (χ0n) is 10.9. The first-order chi connectivity index (χ1) is 8.42. The summed E-state index contributed by atoms with van der Waals surface area (Å²) in [6.45, 7) is 3.26. The lowest BCUT2D eigenvalue weighted by atomic mass is 9.95. The van der Waals surface area contributed by atoms with Gasteiger partial charge in [0.05, 0.1) is 24.3 Å². The van der Waals surface area contributed by atoms with Crippen molar-refractivity contribution in [3.05, 3.63) is 17.5 Å². The number of Topliss-reactive ketones (excluding diaryl/α,β-unsaturated/α-hetero) is 2. The van der Waals surface area contributed by atoms with Gasteiger partial charge in [-0.1, -0.05) is 6.92 Å². The molecule has 0 aliphatic carbocycles. The van der Waals surface area contributed by atoms with Gasteiger partial charge in [-0.15, -0.1) is 0 Å². The van der Waals surface area contributed by atoms with Crippen molar-refractivity contribution in [3.63, 3.8) is 0 Å². The van der Waals surface area contributed by atoms with Gasteiger partial charge in [0, 0.05) is 13.2 Å². The molecule has 0 N–H and O–H groups in total. The minimum absolute atomic E-state index is 0.379. The Hall–Kier alpha value is -1.98. The van der Waals surface area contributed by atoms with E-state index in [-0.39, 0.29) is 0 Å². The molecule has 0 saturated carbocycles. The van der Waals surface area contributed by atoms with Crippen LogP contribution in [0.5, 0.6) is 0 Å². The second-order valence-corrected chi connectivity index (χ2v) is 3.96. The highest BCUT2D eigenvalue weighted by atomic mass is 16.5. The molecule has 0 spiro atoms. The maximum atomic E-state index is 12.1. The molecule has 1 unspecified atom stereocenters. The third kappa shape index (κ3) is 2.64. The number of ketones is 2. The molecule has 0 fully saturated rings. The quantitative estimate of drug-likeness (QED) is 0.331. The van der Waals surface area contributed by atoms with E-state index >= 15 is 0 Å². The van der Waals surface area contributed by atoms with Gasteiger partial charge in [0.25, 0.3) is 5.78 Å². The van der Waals surface area contributed by atoms with Gasteiger partial charge in [-0.25, -0.2) is 4.79 Å². The van der Waals surface area contributed by atoms with Crippen LogP contribution in [0, 0.1) is 5.92 Å². The molecule has 6 heteroatoms. The summed E-state index contributed by atoms with van der Waals surface area (Å²) in [4.78, 5) is 34.8. The van der Waals surface area contributed by atoms with E-state index < -0.39 is 23.5 Å². The average molecular weight is 252 g/mol. The van der Waals surface area contributed by atoms with Crippen molar-refractivity contribution in [2.75, 3.05) is 7.11 Å². The standard InChI is InChI=1S/C12H16N2O4/c1-5-9-8(6-14(3)13-9)10(15)7(2)11(16)12(17)18-4/h6-7H,5H2,1-4H3. The van der Waals surface area contributed by atoms with Crippen LogP contribution < -0.4 is 0 Å². The van der Waals surface area contributed by atoms with Crippen molar-refractivity contribution in [1.82, 2.24) is 9.78 Å². The Balaban J connectivity index is 2.99. The van der Waals surface area contributed by atoms with Crippen LogP contribution in [0.1, 0.15) is 29.9 Å². The van der Waals surface area contributed by atoms with E-state index in [1.807, 2.05) is 6.92 Å². The van der Waals surface area contributed by atoms with Gasteiger partial charge in [-0.3, -0.25) is 14.3 Å². The number of rotatable bonds is 5. The summed E-state index contributed by atoms with van der Waals surface area (Å²) < 4.78 is 5.83. The molecule has 6 nitrogen and oxygen atoms in total. The summed E-state index contributed by atoms with van der Waals surface area (Å²) in [5.74, 6) is -3.30. The largest absolute Gasteiger partial charge is 0.463 e. The Morgan fingerprint density at radius 2 is 2.06 bits per heavy atom. The van der Waals surface area contributed by atoms with Gasteiger partial charge in [-0.05, 0) is 13.3 Å². The number of methoxy groups -OCH3 is 1. The molecule has 1 aromatic heterocycles. The molecule has 0 aromatic carbocycles. The molecule has 0 aliphatic heterocycles. The molecule has 0 bridgehead atoms. The van der Waals surface area contributed by atoms with E-state index in [2.05, 4.69) is 9.84 Å². The maximum Gasteiger partial charge on any atom is 0.375 e. The number of ether oxygens (including phenoxy) is 1. The number of esters is 1. The van der Waals surface area contributed by atoms with Gasteiger partial charge >= 0.3 is 5.97 Å². The van der Waals surface area contributed by atoms with Gasteiger partial charge in [0.2, 0.25) is 0 Å². The number of nitrogens with zero attached hydrogens (tertiary/aromatic N) is 2. The van der Waals surface area contributed by atoms with Crippen LogP contribution in [0.25, 0.3) is 0 Å². The second-order valence-electron chi connectivity index (χ2n) is 3.96. The summed E-state index contributed by atoms with van der Waals surface area (Å²) >= 11 is 0. The minimum Gasteiger partial charge on any atom is -0.463 e. The van der Waals surface area contributed by atoms with Crippen molar-refractivity contribution >= 4 is 17.5 Å². The normalized spacial score (nSPS) is 12.0. The predicted molar refractivity (Wildman–Crippen MR) is 63.1 cm³/mol. The smallest absolute Gasteiger partial charge is 0.375 e. The van der Waals surface area contributed by atoms with Crippen molar-refractivity contribution in [3.8, 4) is 0 Å². The lowest BCUT2D eigenvalue weighted by Gasteiger charge is -2.07. The van der Waals surface area contributed by atoms with Crippen LogP contribution in [-0.2, 0) is 27.8 Å². The first kappa shape index (κ1) is 14.1. The number of aromatic nitrogens is 2. The van der Waals surface area contributed by atoms with Crippen LogP contribution >= 0.6 is 0 Å². The Labute approximate surface area is 105 Å². The maximum absolute atomic E-state index is 12.1. The van der Waals surface area contributed by atoms with E-state index in [0.29, 0.717) is 17.7 Å². The molecule has 0 amide bonds. The summed E-state index contributed by atoms with van der Waals surface area (Å²) in [7, 11) is 2.81. The van der Waals surface area contributed by atoms with Crippen molar-refractivity contribution in [2.24, 2.45) is 13.0 Å². The minimum atomic E-state index is -1.05. The van der Waals surface area contributed by atoms with E-state index in [1.54, 1.807) is 13.2 Å². The Bertz CT molecular complexity index is 490. The third-order valence-corrected chi connectivity index (χ3v) is 2.68. The fourth-order valence-corrected chi connectivity index (χ4v) is 1.63. The number of carbonyl (C=O) groups excluding carboxylic acids is 3. The van der Waals surface area contributed by atoms with E-state index in [0.717, 1.165) is 7.11 Å². The van der Waals surface area contributed by atoms with Crippen LogP contribution in [-0.4, -0.2) is 34.4 Å². The van der Waals surface area contributed by atoms with Crippen LogP contribution in [0.2, 0.25) is 0 Å². The monoisotopic (exact) mass is 252 g/mol. The summed E-state index contributed by atoms with van der Waals surface area (Å²) in [6.07, 6.45) is 2.14. The highest BCUT2D eigenvalue weighted by molar-refractivity contribution is 6.39. The van der Waals surface area contributed by atoms with Crippen molar-refractivity contribution in [2.45, 2.75) is 20.3 Å². The Kier molecular flexibility index (Phi) is 4.36. The molecular formula is C12H16N2O4. The summed E-state index contributed by atoms with van der Waals surface area (Å²) in [5, 5.41) is 4.13. The molecule has 1 rings (SSSR count). The number of aryl methyl sites for hydroxylation is 2. The van der Waals surface area contributed by atoms with Crippen LogP contribution in [0.4, 0.5) is 0 Å². The van der Waals surface area contributed by atoms with Gasteiger partial charge < -0.3 is 4.74 Å². The van der Waals surface area contributed by atoms with Gasteiger partial charge in [0.1, 0.15) is 0 Å². The molecule has 0 aliphatic rings. The molecule has 0 saturated heterocycles. The van der Waals surface area contributed by atoms with E-state index in [4.69, 9.17) is 0 Å². The lowest BCUT2D eigenvalue weighted by Crippen LogP contribution is -2.29. The Morgan fingerprint density at radius 1 is 1.44 bits per heavy atom. The number of hydrogen-bond acceptors (Lipinski definition) is 5. The fraction of sp³-hybridized carbons (Fsp3) is 0.500. The average Bonchev–Trinajstić information content (AvgIpc) is 2.76. The number of carbonyl (C=O) groups is 3. The SMILES string of the molecule is CCc1nn(C)cc1C(=O)C(C)C(=O)C(=O)OC. The van der Waals surface area contributed by atoms with E-state index in [1.165, 1.54) is 11.6 Å². The molecular weight excluding hydrogens is 236 g/mol. The van der Waals surface area contributed by atoms with Crippen molar-refractivity contribution in [1.29, 1.82) is 0 Å².